The molecule has 0 saturated carbocycles. The Morgan fingerprint density at radius 2 is 1.60 bits per heavy atom. The zero-order valence-electron chi connectivity index (χ0n) is 15.1. The third-order valence-corrected chi connectivity index (χ3v) is 4.98. The van der Waals surface area contributed by atoms with Gasteiger partial charge in [-0.1, -0.05) is 31.2 Å². The summed E-state index contributed by atoms with van der Waals surface area (Å²) in [6.07, 6.45) is 1.08. The van der Waals surface area contributed by atoms with Crippen molar-refractivity contribution in [1.82, 2.24) is 4.90 Å². The molecule has 1 saturated heterocycles. The van der Waals surface area contributed by atoms with Crippen LogP contribution in [0.5, 0.6) is 5.75 Å². The number of hydrogen-bond donors (Lipinski definition) is 1. The van der Waals surface area contributed by atoms with E-state index in [2.05, 4.69) is 31.2 Å². The summed E-state index contributed by atoms with van der Waals surface area (Å²) in [6.45, 7) is 6.84. The van der Waals surface area contributed by atoms with Gasteiger partial charge in [0.2, 0.25) is 0 Å². The van der Waals surface area contributed by atoms with Crippen molar-refractivity contribution in [3.8, 4) is 5.75 Å². The van der Waals surface area contributed by atoms with Crippen LogP contribution < -0.4 is 9.64 Å². The Kier molecular flexibility index (Phi) is 5.71. The van der Waals surface area contributed by atoms with Gasteiger partial charge in [0.15, 0.2) is 0 Å². The summed E-state index contributed by atoms with van der Waals surface area (Å²) in [5.41, 5.74) is 3.50. The van der Waals surface area contributed by atoms with Gasteiger partial charge in [0.25, 0.3) is 5.91 Å². The van der Waals surface area contributed by atoms with Crippen molar-refractivity contribution < 1.29 is 14.4 Å². The number of carbonyl (C=O) groups is 1. The third-order valence-electron chi connectivity index (χ3n) is 4.98. The SMILES string of the molecule is CCc1ccc(C[NH+]2CCN(C(=O)c3ccc(OC)cc3)CC2)cc1. The first kappa shape index (κ1) is 17.5. The van der Waals surface area contributed by atoms with Crippen LogP contribution in [-0.4, -0.2) is 44.1 Å². The lowest BCUT2D eigenvalue weighted by molar-refractivity contribution is -0.917. The van der Waals surface area contributed by atoms with Crippen LogP contribution in [0.3, 0.4) is 0 Å². The fourth-order valence-electron chi connectivity index (χ4n) is 3.30. The molecule has 1 heterocycles. The minimum absolute atomic E-state index is 0.119. The molecule has 0 bridgehead atoms. The number of methoxy groups -OCH3 is 1. The lowest BCUT2D eigenvalue weighted by Crippen LogP contribution is -3.13. The number of aryl methyl sites for hydroxylation is 1. The molecule has 0 unspecified atom stereocenters. The second-order valence-corrected chi connectivity index (χ2v) is 6.62. The van der Waals surface area contributed by atoms with Gasteiger partial charge >= 0.3 is 0 Å². The van der Waals surface area contributed by atoms with Gasteiger partial charge < -0.3 is 14.5 Å². The zero-order chi connectivity index (χ0) is 17.6. The topological polar surface area (TPSA) is 34.0 Å². The number of nitrogens with one attached hydrogen (secondary N) is 1. The molecule has 4 heteroatoms. The first-order valence-corrected chi connectivity index (χ1v) is 9.04. The van der Waals surface area contributed by atoms with Crippen LogP contribution in [0.4, 0.5) is 0 Å². The fraction of sp³-hybridized carbons (Fsp3) is 0.381. The molecule has 0 spiro atoms. The van der Waals surface area contributed by atoms with Crippen LogP contribution in [0.25, 0.3) is 0 Å². The molecule has 2 aromatic carbocycles. The molecule has 0 aliphatic carbocycles. The van der Waals surface area contributed by atoms with Crippen LogP contribution >= 0.6 is 0 Å². The van der Waals surface area contributed by atoms with Crippen molar-refractivity contribution in [2.24, 2.45) is 0 Å². The summed E-state index contributed by atoms with van der Waals surface area (Å²) in [4.78, 5) is 16.1. The van der Waals surface area contributed by atoms with E-state index < -0.39 is 0 Å². The first-order valence-electron chi connectivity index (χ1n) is 9.04. The van der Waals surface area contributed by atoms with Gasteiger partial charge in [-0.3, -0.25) is 4.79 Å². The van der Waals surface area contributed by atoms with Crippen LogP contribution in [0.2, 0.25) is 0 Å². The van der Waals surface area contributed by atoms with Gasteiger partial charge in [0.05, 0.1) is 33.3 Å². The number of hydrogen-bond acceptors (Lipinski definition) is 2. The number of benzene rings is 2. The van der Waals surface area contributed by atoms with E-state index in [0.717, 1.165) is 50.5 Å². The monoisotopic (exact) mass is 339 g/mol. The molecule has 4 nitrogen and oxygen atoms in total. The molecule has 1 amide bonds. The van der Waals surface area contributed by atoms with Crippen molar-refractivity contribution in [1.29, 1.82) is 0 Å². The van der Waals surface area contributed by atoms with Crippen molar-refractivity contribution in [3.63, 3.8) is 0 Å². The van der Waals surface area contributed by atoms with E-state index in [4.69, 9.17) is 4.74 Å². The van der Waals surface area contributed by atoms with Crippen LogP contribution in [-0.2, 0) is 13.0 Å². The van der Waals surface area contributed by atoms with Crippen molar-refractivity contribution >= 4 is 5.91 Å². The molecule has 1 N–H and O–H groups in total. The summed E-state index contributed by atoms with van der Waals surface area (Å²) >= 11 is 0. The van der Waals surface area contributed by atoms with Crippen LogP contribution in [0.15, 0.2) is 48.5 Å². The van der Waals surface area contributed by atoms with Gasteiger partial charge in [0.1, 0.15) is 12.3 Å². The maximum Gasteiger partial charge on any atom is 0.254 e. The Balaban J connectivity index is 1.52. The summed E-state index contributed by atoms with van der Waals surface area (Å²) in [5.74, 6) is 0.897. The molecule has 132 valence electrons. The van der Waals surface area contributed by atoms with Gasteiger partial charge in [-0.2, -0.15) is 0 Å². The van der Waals surface area contributed by atoms with E-state index in [1.165, 1.54) is 11.1 Å². The molecule has 25 heavy (non-hydrogen) atoms. The quantitative estimate of drug-likeness (QED) is 0.901. The van der Waals surface area contributed by atoms with E-state index in [9.17, 15) is 4.79 Å². The minimum atomic E-state index is 0.119. The number of nitrogens with zero attached hydrogens (tertiary/aromatic N) is 1. The summed E-state index contributed by atoms with van der Waals surface area (Å²) < 4.78 is 5.15. The Hall–Kier alpha value is -2.33. The standard InChI is InChI=1S/C21H26N2O2/c1-3-17-4-6-18(7-5-17)16-22-12-14-23(15-13-22)21(24)19-8-10-20(25-2)11-9-19/h4-11H,3,12-16H2,1-2H3/p+1. The molecule has 0 aromatic heterocycles. The van der Waals surface area contributed by atoms with Gasteiger partial charge in [-0.15, -0.1) is 0 Å². The largest absolute Gasteiger partial charge is 0.497 e. The molecule has 1 aliphatic heterocycles. The van der Waals surface area contributed by atoms with Crippen LogP contribution in [0, 0.1) is 0 Å². The Morgan fingerprint density at radius 1 is 1.00 bits per heavy atom. The highest BCUT2D eigenvalue weighted by atomic mass is 16.5. The number of rotatable bonds is 5. The van der Waals surface area contributed by atoms with E-state index in [-0.39, 0.29) is 5.91 Å². The third kappa shape index (κ3) is 4.40. The van der Waals surface area contributed by atoms with E-state index in [0.29, 0.717) is 0 Å². The Labute approximate surface area is 150 Å². The highest BCUT2D eigenvalue weighted by molar-refractivity contribution is 5.94. The van der Waals surface area contributed by atoms with E-state index in [1.54, 1.807) is 12.0 Å². The number of quaternary nitrogens is 1. The van der Waals surface area contributed by atoms with Gasteiger partial charge in [-0.05, 0) is 36.2 Å². The first-order chi connectivity index (χ1) is 12.2. The molecular weight excluding hydrogens is 312 g/mol. The van der Waals surface area contributed by atoms with Gasteiger partial charge in [-0.25, -0.2) is 0 Å². The normalized spacial score (nSPS) is 15.2. The lowest BCUT2D eigenvalue weighted by atomic mass is 10.1. The minimum Gasteiger partial charge on any atom is -0.497 e. The highest BCUT2D eigenvalue weighted by Crippen LogP contribution is 2.13. The molecule has 0 atom stereocenters. The summed E-state index contributed by atoms with van der Waals surface area (Å²) in [5, 5.41) is 0. The smallest absolute Gasteiger partial charge is 0.254 e. The van der Waals surface area contributed by atoms with Crippen molar-refractivity contribution in [2.75, 3.05) is 33.3 Å². The predicted octanol–water partition coefficient (Wildman–Crippen LogP) is 1.80. The summed E-state index contributed by atoms with van der Waals surface area (Å²) in [7, 11) is 1.63. The summed E-state index contributed by atoms with van der Waals surface area (Å²) in [6, 6.07) is 16.3. The molecule has 0 radical (unpaired) electrons. The van der Waals surface area contributed by atoms with Gasteiger partial charge in [0, 0.05) is 11.1 Å². The molecular formula is C21H27N2O2+. The zero-order valence-corrected chi connectivity index (χ0v) is 15.1. The fourth-order valence-corrected chi connectivity index (χ4v) is 3.30. The van der Waals surface area contributed by atoms with E-state index >= 15 is 0 Å². The number of piperazine rings is 1. The predicted molar refractivity (Wildman–Crippen MR) is 99.1 cm³/mol. The number of ether oxygens (including phenoxy) is 1. The molecule has 3 rings (SSSR count). The maximum absolute atomic E-state index is 12.6. The second-order valence-electron chi connectivity index (χ2n) is 6.62. The van der Waals surface area contributed by atoms with Crippen molar-refractivity contribution in [2.45, 2.75) is 19.9 Å². The van der Waals surface area contributed by atoms with Crippen molar-refractivity contribution in [3.05, 3.63) is 65.2 Å². The molecule has 2 aromatic rings. The number of carbonyl (C=O) groups excluding carboxylic acids is 1. The maximum atomic E-state index is 12.6. The van der Waals surface area contributed by atoms with E-state index in [1.807, 2.05) is 29.2 Å². The molecule has 1 aliphatic rings. The Morgan fingerprint density at radius 3 is 2.16 bits per heavy atom. The highest BCUT2D eigenvalue weighted by Gasteiger charge is 2.24. The lowest BCUT2D eigenvalue weighted by Gasteiger charge is -2.32. The Bertz CT molecular complexity index is 687. The number of amides is 1. The van der Waals surface area contributed by atoms with Crippen LogP contribution in [0.1, 0.15) is 28.4 Å². The average molecular weight is 339 g/mol. The molecule has 1 fully saturated rings. The average Bonchev–Trinajstić information content (AvgIpc) is 2.69. The second kappa shape index (κ2) is 8.17.